The molecule has 0 atom stereocenters. The van der Waals surface area contributed by atoms with Gasteiger partial charge in [0, 0.05) is 6.42 Å². The molecule has 0 heterocycles. The van der Waals surface area contributed by atoms with Crippen LogP contribution < -0.4 is 4.72 Å². The van der Waals surface area contributed by atoms with Crippen molar-refractivity contribution in [1.82, 2.24) is 4.72 Å². The van der Waals surface area contributed by atoms with Gasteiger partial charge in [0.1, 0.15) is 0 Å². The Hall–Kier alpha value is -0.233. The number of nitrogens with one attached hydrogen (secondary N) is 1. The molecule has 0 fully saturated rings. The summed E-state index contributed by atoms with van der Waals surface area (Å²) in [5.74, 6) is -0.938. The van der Waals surface area contributed by atoms with E-state index in [1.165, 1.54) is 11.6 Å². The number of hydrogen-bond donors (Lipinski definition) is 1. The van der Waals surface area contributed by atoms with Gasteiger partial charge in [-0.1, -0.05) is 6.92 Å². The van der Waals surface area contributed by atoms with Crippen molar-refractivity contribution in [2.45, 2.75) is 19.5 Å². The van der Waals surface area contributed by atoms with Crippen molar-refractivity contribution in [1.29, 1.82) is 0 Å². The summed E-state index contributed by atoms with van der Waals surface area (Å²) >= 11 is 0. The molecule has 0 bridgehead atoms. The molecule has 1 amide bonds. The Morgan fingerprint density at radius 2 is 1.87 bits per heavy atom. The van der Waals surface area contributed by atoms with E-state index in [0.717, 1.165) is 0 Å². The maximum absolute atomic E-state index is 11.5. The van der Waals surface area contributed by atoms with Crippen molar-refractivity contribution in [3.8, 4) is 0 Å². The number of carbonyl (C=O) groups excluding carboxylic acids is 1. The summed E-state index contributed by atoms with van der Waals surface area (Å²) in [6, 6.07) is 0. The fourth-order valence-corrected chi connectivity index (χ4v) is 1.16. The number of hydrogen-bond acceptors (Lipinski definition) is 4. The second-order valence-corrected chi connectivity index (χ2v) is 3.56. The van der Waals surface area contributed by atoms with Gasteiger partial charge in [-0.25, -0.2) is 8.91 Å². The van der Waals surface area contributed by atoms with Crippen LogP contribution in [0.4, 0.5) is 13.2 Å². The summed E-state index contributed by atoms with van der Waals surface area (Å²) in [6.07, 6.45) is -4.93. The second-order valence-electron chi connectivity index (χ2n) is 2.21. The quantitative estimate of drug-likeness (QED) is 0.687. The van der Waals surface area contributed by atoms with E-state index in [-0.39, 0.29) is 25.3 Å². The van der Waals surface area contributed by atoms with Crippen LogP contribution in [-0.4, -0.2) is 46.0 Å². The summed E-state index contributed by atoms with van der Waals surface area (Å²) in [6.45, 7) is -0.617. The molecular weight excluding hydrogens is 234 g/mol. The number of carbonyl (C=O) groups is 1. The van der Waals surface area contributed by atoms with Gasteiger partial charge >= 0.3 is 35.3 Å². The predicted octanol–water partition coefficient (Wildman–Crippen LogP) is -0.312. The molecular formula is C5H9F3LiNO4S. The first-order chi connectivity index (χ1) is 6.16. The Morgan fingerprint density at radius 1 is 1.40 bits per heavy atom. The molecule has 0 radical (unpaired) electrons. The zero-order valence-corrected chi connectivity index (χ0v) is 7.91. The standard InChI is InChI=1S/C5H8F3NO4S.Li.H/c1-2-4(10)9-14(11,12)13-3-5(6,7)8;;/h2-3H2,1H3,(H,9,10);;. The first kappa shape index (κ1) is 17.2. The molecule has 5 nitrogen and oxygen atoms in total. The van der Waals surface area contributed by atoms with E-state index in [9.17, 15) is 26.4 Å². The molecule has 15 heavy (non-hydrogen) atoms. The zero-order valence-electron chi connectivity index (χ0n) is 7.09. The number of alkyl halides is 3. The summed E-state index contributed by atoms with van der Waals surface area (Å²) in [4.78, 5) is 10.5. The Bertz CT molecular complexity index is 302. The topological polar surface area (TPSA) is 72.5 Å². The van der Waals surface area contributed by atoms with E-state index in [4.69, 9.17) is 0 Å². The average molecular weight is 243 g/mol. The Morgan fingerprint density at radius 3 is 2.20 bits per heavy atom. The first-order valence-electron chi connectivity index (χ1n) is 3.43. The van der Waals surface area contributed by atoms with Gasteiger partial charge in [-0.15, -0.1) is 0 Å². The van der Waals surface area contributed by atoms with Crippen molar-refractivity contribution in [3.63, 3.8) is 0 Å². The van der Waals surface area contributed by atoms with Crippen LogP contribution in [0.3, 0.4) is 0 Å². The van der Waals surface area contributed by atoms with E-state index >= 15 is 0 Å². The Labute approximate surface area is 96.8 Å². The summed E-state index contributed by atoms with van der Waals surface area (Å²) < 4.78 is 60.5. The Kier molecular flexibility index (Phi) is 7.29. The minimum absolute atomic E-state index is 0. The third-order valence-corrected chi connectivity index (χ3v) is 1.84. The van der Waals surface area contributed by atoms with Gasteiger partial charge in [0.25, 0.3) is 0 Å². The molecule has 10 heteroatoms. The molecule has 1 N–H and O–H groups in total. The fraction of sp³-hybridized carbons (Fsp3) is 0.800. The summed E-state index contributed by atoms with van der Waals surface area (Å²) in [5.41, 5.74) is 0. The van der Waals surface area contributed by atoms with Crippen LogP contribution in [0, 0.1) is 0 Å². The minimum atomic E-state index is -4.76. The van der Waals surface area contributed by atoms with Gasteiger partial charge in [0.2, 0.25) is 5.91 Å². The normalized spacial score (nSPS) is 11.7. The van der Waals surface area contributed by atoms with Gasteiger partial charge in [-0.2, -0.15) is 21.6 Å². The summed E-state index contributed by atoms with van der Waals surface area (Å²) in [5, 5.41) is 0. The van der Waals surface area contributed by atoms with Crippen LogP contribution >= 0.6 is 0 Å². The first-order valence-corrected chi connectivity index (χ1v) is 4.84. The van der Waals surface area contributed by atoms with E-state index in [1.54, 1.807) is 0 Å². The molecule has 0 saturated heterocycles. The number of amides is 1. The predicted molar refractivity (Wildman–Crippen MR) is 46.5 cm³/mol. The molecule has 0 unspecified atom stereocenters. The molecule has 0 aliphatic rings. The van der Waals surface area contributed by atoms with E-state index < -0.39 is 29.0 Å². The molecule has 0 saturated carbocycles. The monoisotopic (exact) mass is 243 g/mol. The van der Waals surface area contributed by atoms with Crippen LogP contribution in [0.25, 0.3) is 0 Å². The third kappa shape index (κ3) is 10.1. The molecule has 0 aromatic rings. The Balaban J connectivity index is 0. The van der Waals surface area contributed by atoms with Crippen LogP contribution in [0.2, 0.25) is 0 Å². The van der Waals surface area contributed by atoms with Crippen LogP contribution in [0.5, 0.6) is 0 Å². The molecule has 86 valence electrons. The van der Waals surface area contributed by atoms with Gasteiger partial charge in [0.15, 0.2) is 6.61 Å². The van der Waals surface area contributed by atoms with Crippen molar-refractivity contribution in [2.24, 2.45) is 0 Å². The van der Waals surface area contributed by atoms with Gasteiger partial charge in [0.05, 0.1) is 0 Å². The van der Waals surface area contributed by atoms with Gasteiger partial charge in [-0.05, 0) is 0 Å². The van der Waals surface area contributed by atoms with Crippen molar-refractivity contribution in [3.05, 3.63) is 0 Å². The molecule has 0 rings (SSSR count). The van der Waals surface area contributed by atoms with Crippen LogP contribution in [0.15, 0.2) is 0 Å². The van der Waals surface area contributed by atoms with E-state index in [1.807, 2.05) is 0 Å². The van der Waals surface area contributed by atoms with Crippen molar-refractivity contribution < 1.29 is 30.6 Å². The van der Waals surface area contributed by atoms with Crippen molar-refractivity contribution >= 4 is 35.1 Å². The summed E-state index contributed by atoms with van der Waals surface area (Å²) in [7, 11) is -4.65. The molecule has 0 spiro atoms. The fourth-order valence-electron chi connectivity index (χ4n) is 0.385. The SMILES string of the molecule is CCC(=O)NS(=O)(=O)OCC(F)(F)F.[LiH]. The van der Waals surface area contributed by atoms with Crippen molar-refractivity contribution in [2.75, 3.05) is 6.61 Å². The van der Waals surface area contributed by atoms with E-state index in [2.05, 4.69) is 4.18 Å². The van der Waals surface area contributed by atoms with Crippen LogP contribution in [-0.2, 0) is 19.3 Å². The molecule has 0 aliphatic carbocycles. The van der Waals surface area contributed by atoms with Gasteiger partial charge < -0.3 is 0 Å². The second kappa shape index (κ2) is 6.37. The zero-order chi connectivity index (χ0) is 11.4. The third-order valence-electron chi connectivity index (χ3n) is 0.938. The van der Waals surface area contributed by atoms with Crippen LogP contribution in [0.1, 0.15) is 13.3 Å². The van der Waals surface area contributed by atoms with E-state index in [0.29, 0.717) is 0 Å². The molecule has 0 aromatic carbocycles. The molecule has 0 aliphatic heterocycles. The number of rotatable bonds is 4. The average Bonchev–Trinajstić information content (AvgIpc) is 1.99. The number of halogens is 3. The van der Waals surface area contributed by atoms with Gasteiger partial charge in [-0.3, -0.25) is 4.79 Å². The molecule has 0 aromatic heterocycles. The maximum atomic E-state index is 11.5.